The number of hydrogen-bond acceptors (Lipinski definition) is 4. The minimum atomic E-state index is 0.391. The highest BCUT2D eigenvalue weighted by Crippen LogP contribution is 2.37. The van der Waals surface area contributed by atoms with Crippen LogP contribution in [0.5, 0.6) is 0 Å². The topological polar surface area (TPSA) is 41.3 Å². The monoisotopic (exact) mass is 271 g/mol. The lowest BCUT2D eigenvalue weighted by Gasteiger charge is -2.19. The van der Waals surface area contributed by atoms with Gasteiger partial charge in [0.2, 0.25) is 0 Å². The maximum Gasteiger partial charge on any atom is 0.302 e. The number of oxazole rings is 1. The van der Waals surface area contributed by atoms with Gasteiger partial charge in [-0.2, -0.15) is 4.98 Å². The summed E-state index contributed by atoms with van der Waals surface area (Å²) in [6.45, 7) is 6.13. The number of anilines is 2. The van der Waals surface area contributed by atoms with Gasteiger partial charge in [0.15, 0.2) is 0 Å². The number of benzene rings is 1. The average Bonchev–Trinajstić information content (AvgIpc) is 3.02. The van der Waals surface area contributed by atoms with E-state index in [1.165, 1.54) is 11.3 Å². The number of rotatable bonds is 5. The normalized spacial score (nSPS) is 17.5. The second-order valence-electron chi connectivity index (χ2n) is 5.35. The predicted molar refractivity (Wildman–Crippen MR) is 80.2 cm³/mol. The minimum Gasteiger partial charge on any atom is -0.431 e. The van der Waals surface area contributed by atoms with Crippen LogP contribution >= 0.6 is 0 Å². The molecule has 0 spiro atoms. The molecule has 4 nitrogen and oxygen atoms in total. The first-order valence-corrected chi connectivity index (χ1v) is 7.32. The Labute approximate surface area is 119 Å². The van der Waals surface area contributed by atoms with E-state index < -0.39 is 0 Å². The Kier molecular flexibility index (Phi) is 3.74. The molecule has 0 saturated heterocycles. The van der Waals surface area contributed by atoms with Crippen molar-refractivity contribution in [1.29, 1.82) is 0 Å². The first-order chi connectivity index (χ1) is 9.79. The van der Waals surface area contributed by atoms with Crippen molar-refractivity contribution in [3.8, 4) is 0 Å². The van der Waals surface area contributed by atoms with E-state index in [-0.39, 0.29) is 0 Å². The Bertz CT molecular complexity index is 579. The molecule has 0 fully saturated rings. The molecule has 2 aromatic rings. The molecule has 1 unspecified atom stereocenters. The summed E-state index contributed by atoms with van der Waals surface area (Å²) in [6.07, 6.45) is 3.93. The van der Waals surface area contributed by atoms with E-state index in [0.717, 1.165) is 31.6 Å². The maximum absolute atomic E-state index is 5.68. The molecule has 1 aromatic heterocycles. The van der Waals surface area contributed by atoms with Crippen LogP contribution in [0.15, 0.2) is 34.9 Å². The highest BCUT2D eigenvalue weighted by atomic mass is 16.4. The first kappa shape index (κ1) is 13.2. The average molecular weight is 271 g/mol. The Morgan fingerprint density at radius 2 is 2.25 bits per heavy atom. The third-order valence-electron chi connectivity index (χ3n) is 3.69. The highest BCUT2D eigenvalue weighted by Gasteiger charge is 2.29. The fourth-order valence-corrected chi connectivity index (χ4v) is 2.74. The largest absolute Gasteiger partial charge is 0.431 e. The van der Waals surface area contributed by atoms with Gasteiger partial charge >= 0.3 is 6.01 Å². The number of aromatic nitrogens is 1. The zero-order valence-corrected chi connectivity index (χ0v) is 12.1. The van der Waals surface area contributed by atoms with Crippen molar-refractivity contribution in [2.45, 2.75) is 39.3 Å². The van der Waals surface area contributed by atoms with Crippen molar-refractivity contribution in [2.24, 2.45) is 0 Å². The number of nitrogens with one attached hydrogen (secondary N) is 1. The fraction of sp³-hybridized carbons (Fsp3) is 0.438. The molecular formula is C16H21N3O. The molecule has 0 saturated carbocycles. The van der Waals surface area contributed by atoms with Crippen molar-refractivity contribution >= 4 is 11.7 Å². The molecular weight excluding hydrogens is 250 g/mol. The summed E-state index contributed by atoms with van der Waals surface area (Å²) >= 11 is 0. The molecule has 2 heterocycles. The summed E-state index contributed by atoms with van der Waals surface area (Å²) in [7, 11) is 0. The van der Waals surface area contributed by atoms with Gasteiger partial charge in [-0.05, 0) is 37.9 Å². The molecule has 1 aromatic carbocycles. The lowest BCUT2D eigenvalue weighted by Crippen LogP contribution is -2.24. The van der Waals surface area contributed by atoms with E-state index >= 15 is 0 Å². The SMILES string of the molecule is CCCNCc1coc(N2c3ccccc3CC2C)n1. The lowest BCUT2D eigenvalue weighted by molar-refractivity contribution is 0.537. The molecule has 0 bridgehead atoms. The zero-order chi connectivity index (χ0) is 13.9. The van der Waals surface area contributed by atoms with Crippen molar-refractivity contribution in [1.82, 2.24) is 10.3 Å². The van der Waals surface area contributed by atoms with E-state index in [4.69, 9.17) is 4.42 Å². The summed E-state index contributed by atoms with van der Waals surface area (Å²) in [4.78, 5) is 6.80. The van der Waals surface area contributed by atoms with Gasteiger partial charge < -0.3 is 9.73 Å². The van der Waals surface area contributed by atoms with Gasteiger partial charge in [-0.15, -0.1) is 0 Å². The standard InChI is InChI=1S/C16H21N3O/c1-3-8-17-10-14-11-20-16(18-14)19-12(2)9-13-6-4-5-7-15(13)19/h4-7,11-12,17H,3,8-10H2,1-2H3. The van der Waals surface area contributed by atoms with Gasteiger partial charge in [0.05, 0.1) is 5.69 Å². The van der Waals surface area contributed by atoms with E-state index in [0.29, 0.717) is 12.1 Å². The maximum atomic E-state index is 5.68. The van der Waals surface area contributed by atoms with Gasteiger partial charge in [-0.25, -0.2) is 0 Å². The van der Waals surface area contributed by atoms with Gasteiger partial charge in [0.1, 0.15) is 6.26 Å². The summed E-state index contributed by atoms with van der Waals surface area (Å²) in [5, 5.41) is 3.34. The summed E-state index contributed by atoms with van der Waals surface area (Å²) in [5.74, 6) is 0. The fourth-order valence-electron chi connectivity index (χ4n) is 2.74. The van der Waals surface area contributed by atoms with Crippen LogP contribution in [-0.4, -0.2) is 17.6 Å². The first-order valence-electron chi connectivity index (χ1n) is 7.32. The van der Waals surface area contributed by atoms with Crippen molar-refractivity contribution < 1.29 is 4.42 Å². The molecule has 106 valence electrons. The second-order valence-corrected chi connectivity index (χ2v) is 5.35. The van der Waals surface area contributed by atoms with Gasteiger partial charge in [0.25, 0.3) is 0 Å². The van der Waals surface area contributed by atoms with E-state index in [1.807, 2.05) is 0 Å². The van der Waals surface area contributed by atoms with Crippen LogP contribution in [0, 0.1) is 0 Å². The van der Waals surface area contributed by atoms with E-state index in [2.05, 4.69) is 53.3 Å². The van der Waals surface area contributed by atoms with Crippen LogP contribution < -0.4 is 10.2 Å². The van der Waals surface area contributed by atoms with Crippen LogP contribution in [0.3, 0.4) is 0 Å². The van der Waals surface area contributed by atoms with Crippen LogP contribution in [0.1, 0.15) is 31.5 Å². The van der Waals surface area contributed by atoms with Crippen molar-refractivity contribution in [3.63, 3.8) is 0 Å². The van der Waals surface area contributed by atoms with Crippen LogP contribution in [0.2, 0.25) is 0 Å². The number of nitrogens with zero attached hydrogens (tertiary/aromatic N) is 2. The second kappa shape index (κ2) is 5.67. The van der Waals surface area contributed by atoms with Gasteiger partial charge in [-0.3, -0.25) is 4.90 Å². The summed E-state index contributed by atoms with van der Waals surface area (Å²) in [5.41, 5.74) is 3.55. The molecule has 0 aliphatic carbocycles. The van der Waals surface area contributed by atoms with Crippen molar-refractivity contribution in [2.75, 3.05) is 11.4 Å². The molecule has 1 N–H and O–H groups in total. The molecule has 0 amide bonds. The molecule has 3 rings (SSSR count). The third-order valence-corrected chi connectivity index (χ3v) is 3.69. The molecule has 20 heavy (non-hydrogen) atoms. The number of para-hydroxylation sites is 1. The molecule has 1 atom stereocenters. The van der Waals surface area contributed by atoms with Crippen LogP contribution in [0.25, 0.3) is 0 Å². The van der Waals surface area contributed by atoms with Gasteiger partial charge in [-0.1, -0.05) is 25.1 Å². The predicted octanol–water partition coefficient (Wildman–Crippen LogP) is 3.26. The van der Waals surface area contributed by atoms with E-state index in [9.17, 15) is 0 Å². The van der Waals surface area contributed by atoms with Gasteiger partial charge in [0, 0.05) is 18.3 Å². The Hall–Kier alpha value is -1.81. The van der Waals surface area contributed by atoms with E-state index in [1.54, 1.807) is 6.26 Å². The Balaban J connectivity index is 1.79. The molecule has 1 aliphatic heterocycles. The van der Waals surface area contributed by atoms with Crippen LogP contribution in [0.4, 0.5) is 11.7 Å². The Morgan fingerprint density at radius 3 is 3.10 bits per heavy atom. The number of hydrogen-bond donors (Lipinski definition) is 1. The zero-order valence-electron chi connectivity index (χ0n) is 12.1. The summed E-state index contributed by atoms with van der Waals surface area (Å²) in [6, 6.07) is 9.57. The minimum absolute atomic E-state index is 0.391. The quantitative estimate of drug-likeness (QED) is 0.848. The lowest BCUT2D eigenvalue weighted by atomic mass is 10.1. The Morgan fingerprint density at radius 1 is 1.40 bits per heavy atom. The highest BCUT2D eigenvalue weighted by molar-refractivity contribution is 5.66. The smallest absolute Gasteiger partial charge is 0.302 e. The number of fused-ring (bicyclic) bond motifs is 1. The van der Waals surface area contributed by atoms with Crippen LogP contribution in [-0.2, 0) is 13.0 Å². The molecule has 0 radical (unpaired) electrons. The third kappa shape index (κ3) is 2.43. The van der Waals surface area contributed by atoms with Crippen molar-refractivity contribution in [3.05, 3.63) is 41.8 Å². The molecule has 1 aliphatic rings. The molecule has 4 heteroatoms. The summed E-state index contributed by atoms with van der Waals surface area (Å²) < 4.78 is 5.68.